The topological polar surface area (TPSA) is 50.8 Å². The number of ether oxygens (including phenoxy) is 2. The second-order valence-electron chi connectivity index (χ2n) is 9.89. The Hall–Kier alpha value is -3.96. The molecule has 7 rings (SSSR count). The van der Waals surface area contributed by atoms with E-state index in [0.29, 0.717) is 22.1 Å². The molecule has 3 aliphatic rings. The monoisotopic (exact) mass is 508 g/mol. The number of nitrogens with zero attached hydrogens (tertiary/aromatic N) is 1. The second kappa shape index (κ2) is 8.29. The molecule has 1 fully saturated rings. The van der Waals surface area contributed by atoms with Crippen LogP contribution in [0.5, 0.6) is 11.5 Å². The summed E-state index contributed by atoms with van der Waals surface area (Å²) in [6.45, 7) is 4.18. The van der Waals surface area contributed by atoms with Crippen LogP contribution in [0.15, 0.2) is 78.9 Å². The number of halogens is 1. The van der Waals surface area contributed by atoms with E-state index in [1.54, 1.807) is 6.07 Å². The van der Waals surface area contributed by atoms with E-state index in [9.17, 15) is 4.79 Å². The normalized spacial score (nSPS) is 19.2. The third-order valence-corrected chi connectivity index (χ3v) is 8.03. The molecule has 3 aliphatic heterocycles. The third kappa shape index (κ3) is 3.41. The SMILES string of the molecule is Cc1cc2c(cc1Cl)C1(OC(=O)c3ccccc31)c1ccc(Nc3ccc(N4CCCC4)cc3)cc1O2. The number of esters is 1. The molecule has 1 atom stereocenters. The van der Waals surface area contributed by atoms with Crippen LogP contribution in [0.25, 0.3) is 0 Å². The molecule has 4 aromatic carbocycles. The molecule has 6 heteroatoms. The summed E-state index contributed by atoms with van der Waals surface area (Å²) in [5.41, 5.74) is 5.75. The Kier molecular flexibility index (Phi) is 4.98. The molecule has 1 unspecified atom stereocenters. The highest BCUT2D eigenvalue weighted by atomic mass is 35.5. The number of carbonyl (C=O) groups excluding carboxylic acids is 1. The molecule has 0 saturated carbocycles. The van der Waals surface area contributed by atoms with E-state index in [2.05, 4.69) is 34.5 Å². The number of fused-ring (bicyclic) bond motifs is 6. The summed E-state index contributed by atoms with van der Waals surface area (Å²) in [5, 5.41) is 4.09. The van der Waals surface area contributed by atoms with Crippen molar-refractivity contribution < 1.29 is 14.3 Å². The van der Waals surface area contributed by atoms with Gasteiger partial charge in [-0.1, -0.05) is 29.8 Å². The van der Waals surface area contributed by atoms with Gasteiger partial charge in [-0.25, -0.2) is 4.79 Å². The van der Waals surface area contributed by atoms with Crippen LogP contribution in [-0.4, -0.2) is 19.1 Å². The summed E-state index contributed by atoms with van der Waals surface area (Å²) in [6, 6.07) is 25.8. The maximum Gasteiger partial charge on any atom is 0.340 e. The smallest absolute Gasteiger partial charge is 0.340 e. The number of benzene rings is 4. The minimum Gasteiger partial charge on any atom is -0.456 e. The zero-order valence-corrected chi connectivity index (χ0v) is 21.1. The van der Waals surface area contributed by atoms with E-state index in [1.807, 2.05) is 55.5 Å². The fraction of sp³-hybridized carbons (Fsp3) is 0.194. The van der Waals surface area contributed by atoms with Gasteiger partial charge in [0.15, 0.2) is 5.60 Å². The Bertz CT molecular complexity index is 1560. The van der Waals surface area contributed by atoms with E-state index in [0.717, 1.165) is 46.7 Å². The number of hydrogen-bond donors (Lipinski definition) is 1. The molecule has 184 valence electrons. The summed E-state index contributed by atoms with van der Waals surface area (Å²) in [6.07, 6.45) is 2.51. The van der Waals surface area contributed by atoms with Crippen molar-refractivity contribution in [2.75, 3.05) is 23.3 Å². The molecule has 0 aromatic heterocycles. The number of anilines is 3. The van der Waals surface area contributed by atoms with Gasteiger partial charge < -0.3 is 19.7 Å². The predicted octanol–water partition coefficient (Wildman–Crippen LogP) is 7.56. The van der Waals surface area contributed by atoms with Gasteiger partial charge in [-0.15, -0.1) is 0 Å². The zero-order chi connectivity index (χ0) is 25.1. The Morgan fingerprint density at radius 3 is 2.38 bits per heavy atom. The van der Waals surface area contributed by atoms with Crippen molar-refractivity contribution in [3.8, 4) is 11.5 Å². The fourth-order valence-corrected chi connectivity index (χ4v) is 5.93. The highest BCUT2D eigenvalue weighted by molar-refractivity contribution is 6.31. The molecule has 4 aromatic rings. The number of hydrogen-bond acceptors (Lipinski definition) is 5. The van der Waals surface area contributed by atoms with Crippen molar-refractivity contribution in [3.05, 3.63) is 112 Å². The lowest BCUT2D eigenvalue weighted by atomic mass is 9.77. The second-order valence-corrected chi connectivity index (χ2v) is 10.3. The van der Waals surface area contributed by atoms with Crippen molar-refractivity contribution in [2.45, 2.75) is 25.4 Å². The lowest BCUT2D eigenvalue weighted by molar-refractivity contribution is 0.0224. The average Bonchev–Trinajstić information content (AvgIpc) is 3.54. The van der Waals surface area contributed by atoms with Crippen LogP contribution < -0.4 is 15.0 Å². The van der Waals surface area contributed by atoms with Crippen molar-refractivity contribution in [3.63, 3.8) is 0 Å². The first kappa shape index (κ1) is 22.3. The lowest BCUT2D eigenvalue weighted by Crippen LogP contribution is -2.33. The van der Waals surface area contributed by atoms with Crippen molar-refractivity contribution >= 4 is 34.6 Å². The highest BCUT2D eigenvalue weighted by Crippen LogP contribution is 2.57. The first-order chi connectivity index (χ1) is 18.0. The van der Waals surface area contributed by atoms with Gasteiger partial charge in [0, 0.05) is 57.9 Å². The van der Waals surface area contributed by atoms with E-state index in [-0.39, 0.29) is 5.97 Å². The summed E-state index contributed by atoms with van der Waals surface area (Å²) < 4.78 is 12.6. The maximum absolute atomic E-state index is 13.0. The van der Waals surface area contributed by atoms with Gasteiger partial charge in [-0.05, 0) is 79.9 Å². The number of aryl methyl sites for hydroxylation is 1. The highest BCUT2D eigenvalue weighted by Gasteiger charge is 2.53. The summed E-state index contributed by atoms with van der Waals surface area (Å²) in [5.74, 6) is 0.912. The average molecular weight is 509 g/mol. The Morgan fingerprint density at radius 2 is 1.57 bits per heavy atom. The molecule has 1 spiro atoms. The van der Waals surface area contributed by atoms with Crippen LogP contribution in [-0.2, 0) is 10.3 Å². The van der Waals surface area contributed by atoms with Crippen LogP contribution in [0.3, 0.4) is 0 Å². The third-order valence-electron chi connectivity index (χ3n) is 7.62. The molecule has 0 aliphatic carbocycles. The van der Waals surface area contributed by atoms with Crippen molar-refractivity contribution in [2.24, 2.45) is 0 Å². The first-order valence-electron chi connectivity index (χ1n) is 12.6. The summed E-state index contributed by atoms with van der Waals surface area (Å²) in [7, 11) is 0. The molecule has 37 heavy (non-hydrogen) atoms. The quantitative estimate of drug-likeness (QED) is 0.289. The van der Waals surface area contributed by atoms with Crippen LogP contribution in [0.1, 0.15) is 45.5 Å². The molecule has 1 saturated heterocycles. The minimum atomic E-state index is -1.12. The summed E-state index contributed by atoms with van der Waals surface area (Å²) in [4.78, 5) is 15.4. The van der Waals surface area contributed by atoms with Crippen LogP contribution >= 0.6 is 11.6 Å². The largest absolute Gasteiger partial charge is 0.456 e. The number of nitrogens with one attached hydrogen (secondary N) is 1. The van der Waals surface area contributed by atoms with Gasteiger partial charge >= 0.3 is 5.97 Å². The van der Waals surface area contributed by atoms with Crippen molar-refractivity contribution in [1.29, 1.82) is 0 Å². The van der Waals surface area contributed by atoms with Gasteiger partial charge in [0.1, 0.15) is 11.5 Å². The lowest BCUT2D eigenvalue weighted by Gasteiger charge is -2.37. The van der Waals surface area contributed by atoms with Gasteiger partial charge in [-0.3, -0.25) is 0 Å². The van der Waals surface area contributed by atoms with Crippen molar-refractivity contribution in [1.82, 2.24) is 0 Å². The molecule has 3 heterocycles. The summed E-state index contributed by atoms with van der Waals surface area (Å²) >= 11 is 6.56. The fourth-order valence-electron chi connectivity index (χ4n) is 5.77. The molecule has 0 amide bonds. The minimum absolute atomic E-state index is 0.355. The molecule has 5 nitrogen and oxygen atoms in total. The van der Waals surface area contributed by atoms with E-state index < -0.39 is 5.60 Å². The first-order valence-corrected chi connectivity index (χ1v) is 13.0. The van der Waals surface area contributed by atoms with Gasteiger partial charge in [0.05, 0.1) is 5.56 Å². The standard InChI is InChI=1S/C31H25ClN2O3/c1-19-16-28-26(18-27(19)32)31(24-7-3-2-6-23(24)30(35)37-31)25-13-10-21(17-29(25)36-28)33-20-8-11-22(12-9-20)34-14-4-5-15-34/h2-3,6-13,16-18,33H,4-5,14-15H2,1H3. The van der Waals surface area contributed by atoms with Crippen LogP contribution in [0, 0.1) is 6.92 Å². The van der Waals surface area contributed by atoms with Gasteiger partial charge in [-0.2, -0.15) is 0 Å². The Morgan fingerprint density at radius 1 is 0.838 bits per heavy atom. The van der Waals surface area contributed by atoms with Gasteiger partial charge in [0.25, 0.3) is 0 Å². The van der Waals surface area contributed by atoms with Gasteiger partial charge in [0.2, 0.25) is 0 Å². The van der Waals surface area contributed by atoms with Crippen LogP contribution in [0.4, 0.5) is 17.1 Å². The van der Waals surface area contributed by atoms with E-state index in [1.165, 1.54) is 18.5 Å². The molecule has 0 bridgehead atoms. The number of rotatable bonds is 3. The predicted molar refractivity (Wildman–Crippen MR) is 146 cm³/mol. The maximum atomic E-state index is 13.0. The zero-order valence-electron chi connectivity index (χ0n) is 20.4. The number of carbonyl (C=O) groups is 1. The Labute approximate surface area is 220 Å². The molecule has 0 radical (unpaired) electrons. The van der Waals surface area contributed by atoms with E-state index >= 15 is 0 Å². The molecular formula is C31H25ClN2O3. The van der Waals surface area contributed by atoms with Crippen LogP contribution in [0.2, 0.25) is 5.02 Å². The molecular weight excluding hydrogens is 484 g/mol. The Balaban J connectivity index is 1.30. The van der Waals surface area contributed by atoms with E-state index in [4.69, 9.17) is 21.1 Å². The molecule has 1 N–H and O–H groups in total.